The Kier molecular flexibility index (Phi) is 7.09. The summed E-state index contributed by atoms with van der Waals surface area (Å²) in [5.74, 6) is -0.304. The molecule has 0 saturated carbocycles. The Balaban J connectivity index is 1.71. The van der Waals surface area contributed by atoms with E-state index in [-0.39, 0.29) is 5.91 Å². The second kappa shape index (κ2) is 9.06. The number of carbonyl (C=O) groups excluding carboxylic acids is 2. The maximum absolute atomic E-state index is 12.2. The van der Waals surface area contributed by atoms with E-state index in [0.29, 0.717) is 12.5 Å². The van der Waals surface area contributed by atoms with Gasteiger partial charge in [0.1, 0.15) is 0 Å². The van der Waals surface area contributed by atoms with Crippen LogP contribution in [0, 0.1) is 5.92 Å². The van der Waals surface area contributed by atoms with Gasteiger partial charge in [-0.1, -0.05) is 24.5 Å². The highest BCUT2D eigenvalue weighted by molar-refractivity contribution is 6.35. The summed E-state index contributed by atoms with van der Waals surface area (Å²) >= 11 is 0. The van der Waals surface area contributed by atoms with Gasteiger partial charge in [0, 0.05) is 32.7 Å². The molecule has 2 heterocycles. The molecule has 1 unspecified atom stereocenters. The highest BCUT2D eigenvalue weighted by atomic mass is 16.2. The van der Waals surface area contributed by atoms with E-state index in [4.69, 9.17) is 0 Å². The Labute approximate surface area is 140 Å². The highest BCUT2D eigenvalue weighted by Gasteiger charge is 2.26. The molecule has 5 heteroatoms. The van der Waals surface area contributed by atoms with Gasteiger partial charge in [-0.15, -0.1) is 0 Å². The van der Waals surface area contributed by atoms with Crippen LogP contribution in [-0.4, -0.2) is 60.9 Å². The minimum Gasteiger partial charge on any atom is -0.348 e. The molecule has 2 rings (SSSR count). The van der Waals surface area contributed by atoms with E-state index in [1.807, 2.05) is 0 Å². The molecule has 2 saturated heterocycles. The molecule has 2 amide bonds. The van der Waals surface area contributed by atoms with E-state index in [1.165, 1.54) is 5.57 Å². The molecule has 0 radical (unpaired) electrons. The summed E-state index contributed by atoms with van der Waals surface area (Å²) < 4.78 is 0. The van der Waals surface area contributed by atoms with Gasteiger partial charge in [-0.05, 0) is 45.6 Å². The normalized spacial score (nSPS) is 23.7. The minimum atomic E-state index is -0.421. The van der Waals surface area contributed by atoms with Crippen molar-refractivity contribution in [2.45, 2.75) is 46.0 Å². The van der Waals surface area contributed by atoms with Gasteiger partial charge in [0.25, 0.3) is 0 Å². The Morgan fingerprint density at radius 1 is 1.13 bits per heavy atom. The third-order valence-electron chi connectivity index (χ3n) is 4.97. The average molecular weight is 321 g/mol. The van der Waals surface area contributed by atoms with Crippen LogP contribution in [0.25, 0.3) is 0 Å². The lowest BCUT2D eigenvalue weighted by atomic mass is 10.1. The largest absolute Gasteiger partial charge is 0.348 e. The molecular weight excluding hydrogens is 290 g/mol. The van der Waals surface area contributed by atoms with Gasteiger partial charge >= 0.3 is 11.8 Å². The van der Waals surface area contributed by atoms with Gasteiger partial charge in [0.15, 0.2) is 0 Å². The Bertz CT molecular complexity index is 440. The smallest absolute Gasteiger partial charge is 0.311 e. The second-order valence-electron chi connectivity index (χ2n) is 6.94. The van der Waals surface area contributed by atoms with E-state index < -0.39 is 5.91 Å². The Morgan fingerprint density at radius 2 is 1.83 bits per heavy atom. The maximum Gasteiger partial charge on any atom is 0.311 e. The van der Waals surface area contributed by atoms with Gasteiger partial charge in [-0.25, -0.2) is 0 Å². The first kappa shape index (κ1) is 18.0. The van der Waals surface area contributed by atoms with Crippen LogP contribution in [0.15, 0.2) is 11.6 Å². The van der Waals surface area contributed by atoms with Crippen LogP contribution in [0.5, 0.6) is 0 Å². The first-order valence-electron chi connectivity index (χ1n) is 9.01. The average Bonchev–Trinajstić information content (AvgIpc) is 2.83. The van der Waals surface area contributed by atoms with Crippen molar-refractivity contribution >= 4 is 11.8 Å². The maximum atomic E-state index is 12.2. The predicted molar refractivity (Wildman–Crippen MR) is 92.0 cm³/mol. The molecule has 2 aliphatic rings. The zero-order valence-electron chi connectivity index (χ0n) is 14.6. The third-order valence-corrected chi connectivity index (χ3v) is 4.97. The van der Waals surface area contributed by atoms with Crippen molar-refractivity contribution in [3.8, 4) is 0 Å². The zero-order valence-corrected chi connectivity index (χ0v) is 14.6. The van der Waals surface area contributed by atoms with Crippen LogP contribution >= 0.6 is 0 Å². The van der Waals surface area contributed by atoms with Crippen molar-refractivity contribution in [1.29, 1.82) is 0 Å². The minimum absolute atomic E-state index is 0.341. The number of carbonyl (C=O) groups is 2. The third kappa shape index (κ3) is 5.65. The van der Waals surface area contributed by atoms with Gasteiger partial charge in [0.2, 0.25) is 0 Å². The van der Waals surface area contributed by atoms with Crippen molar-refractivity contribution in [3.63, 3.8) is 0 Å². The number of hydrogen-bond donors (Lipinski definition) is 1. The monoisotopic (exact) mass is 321 g/mol. The molecule has 0 spiro atoms. The van der Waals surface area contributed by atoms with Crippen LogP contribution in [0.1, 0.15) is 46.0 Å². The molecule has 2 aliphatic heterocycles. The van der Waals surface area contributed by atoms with E-state index in [2.05, 4.69) is 30.1 Å². The fourth-order valence-corrected chi connectivity index (χ4v) is 3.40. The molecule has 130 valence electrons. The molecule has 0 aromatic rings. The summed E-state index contributed by atoms with van der Waals surface area (Å²) in [5.41, 5.74) is 1.38. The van der Waals surface area contributed by atoms with Crippen molar-refractivity contribution < 1.29 is 9.59 Å². The summed E-state index contributed by atoms with van der Waals surface area (Å²) in [5, 5.41) is 2.86. The lowest BCUT2D eigenvalue weighted by Crippen LogP contribution is -2.44. The summed E-state index contributed by atoms with van der Waals surface area (Å²) in [6, 6.07) is 0. The standard InChI is InChI=1S/C18H31N3O2/c1-3-15(2)13-20-11-8-16(14-20)12-19-17(22)18(23)21-9-6-4-5-7-10-21/h3,16H,4-14H2,1-2H3,(H,19,22). The summed E-state index contributed by atoms with van der Waals surface area (Å²) in [6.07, 6.45) is 7.59. The first-order valence-corrected chi connectivity index (χ1v) is 9.01. The molecule has 1 N–H and O–H groups in total. The van der Waals surface area contributed by atoms with Crippen LogP contribution in [0.4, 0.5) is 0 Å². The summed E-state index contributed by atoms with van der Waals surface area (Å²) in [7, 11) is 0. The number of hydrogen-bond acceptors (Lipinski definition) is 3. The predicted octanol–water partition coefficient (Wildman–Crippen LogP) is 1.79. The van der Waals surface area contributed by atoms with E-state index in [1.54, 1.807) is 4.90 Å². The topological polar surface area (TPSA) is 52.7 Å². The lowest BCUT2D eigenvalue weighted by Gasteiger charge is -2.20. The number of rotatable bonds is 4. The van der Waals surface area contributed by atoms with Gasteiger partial charge in [-0.3, -0.25) is 14.5 Å². The number of nitrogens with one attached hydrogen (secondary N) is 1. The molecule has 23 heavy (non-hydrogen) atoms. The van der Waals surface area contributed by atoms with Crippen LogP contribution in [0.3, 0.4) is 0 Å². The van der Waals surface area contributed by atoms with E-state index in [0.717, 1.165) is 64.8 Å². The van der Waals surface area contributed by atoms with Crippen LogP contribution in [0.2, 0.25) is 0 Å². The molecule has 0 aromatic carbocycles. The number of allylic oxidation sites excluding steroid dienone is 1. The van der Waals surface area contributed by atoms with Crippen molar-refractivity contribution in [3.05, 3.63) is 11.6 Å². The number of amides is 2. The molecule has 0 bridgehead atoms. The zero-order chi connectivity index (χ0) is 16.7. The van der Waals surface area contributed by atoms with Gasteiger partial charge in [-0.2, -0.15) is 0 Å². The SMILES string of the molecule is CC=C(C)CN1CCC(CNC(=O)C(=O)N2CCCCCC2)C1. The summed E-state index contributed by atoms with van der Waals surface area (Å²) in [4.78, 5) is 28.4. The van der Waals surface area contributed by atoms with Crippen molar-refractivity contribution in [1.82, 2.24) is 15.1 Å². The van der Waals surface area contributed by atoms with Crippen molar-refractivity contribution in [2.24, 2.45) is 5.92 Å². The number of nitrogens with zero attached hydrogens (tertiary/aromatic N) is 2. The molecule has 0 aromatic heterocycles. The number of likely N-dealkylation sites (tertiary alicyclic amines) is 2. The van der Waals surface area contributed by atoms with Crippen LogP contribution in [-0.2, 0) is 9.59 Å². The fraction of sp³-hybridized carbons (Fsp3) is 0.778. The summed E-state index contributed by atoms with van der Waals surface area (Å²) in [6.45, 7) is 9.37. The highest BCUT2D eigenvalue weighted by Crippen LogP contribution is 2.16. The lowest BCUT2D eigenvalue weighted by molar-refractivity contribution is -0.145. The van der Waals surface area contributed by atoms with Gasteiger partial charge < -0.3 is 10.2 Å². The first-order chi connectivity index (χ1) is 11.1. The van der Waals surface area contributed by atoms with Crippen molar-refractivity contribution in [2.75, 3.05) is 39.3 Å². The molecule has 2 fully saturated rings. The fourth-order valence-electron chi connectivity index (χ4n) is 3.40. The Morgan fingerprint density at radius 3 is 2.48 bits per heavy atom. The van der Waals surface area contributed by atoms with E-state index in [9.17, 15) is 9.59 Å². The molecule has 5 nitrogen and oxygen atoms in total. The molecular formula is C18H31N3O2. The van der Waals surface area contributed by atoms with Crippen LogP contribution < -0.4 is 5.32 Å². The second-order valence-corrected chi connectivity index (χ2v) is 6.94. The van der Waals surface area contributed by atoms with Gasteiger partial charge in [0.05, 0.1) is 0 Å². The Hall–Kier alpha value is -1.36. The molecule has 0 aliphatic carbocycles. The quantitative estimate of drug-likeness (QED) is 0.634. The molecule has 1 atom stereocenters. The van der Waals surface area contributed by atoms with E-state index >= 15 is 0 Å².